The van der Waals surface area contributed by atoms with E-state index in [-0.39, 0.29) is 0 Å². The van der Waals surface area contributed by atoms with Crippen molar-refractivity contribution in [2.75, 3.05) is 13.2 Å². The summed E-state index contributed by atoms with van der Waals surface area (Å²) in [6, 6.07) is 1.21. The maximum absolute atomic E-state index is 6.19. The maximum Gasteiger partial charge on any atom is 0.341 e. The third-order valence-electron chi connectivity index (χ3n) is 4.20. The van der Waals surface area contributed by atoms with Crippen molar-refractivity contribution in [2.24, 2.45) is 5.92 Å². The zero-order valence-corrected chi connectivity index (χ0v) is 13.8. The average Bonchev–Trinajstić information content (AvgIpc) is 2.58. The van der Waals surface area contributed by atoms with E-state index < -0.39 is 8.56 Å². The van der Waals surface area contributed by atoms with Crippen LogP contribution in [0.5, 0.6) is 0 Å². The van der Waals surface area contributed by atoms with Crippen molar-refractivity contribution >= 4 is 8.56 Å². The minimum absolute atomic E-state index is 0.556. The summed E-state index contributed by atoms with van der Waals surface area (Å²) in [5.41, 5.74) is 0.556. The molecule has 0 amide bonds. The van der Waals surface area contributed by atoms with Gasteiger partial charge in [0.2, 0.25) is 0 Å². The Labute approximate surface area is 115 Å². The minimum Gasteiger partial charge on any atom is -0.394 e. The van der Waals surface area contributed by atoms with Crippen molar-refractivity contribution in [3.05, 3.63) is 0 Å². The molecule has 1 saturated carbocycles. The highest BCUT2D eigenvalue weighted by atomic mass is 28.4. The molecule has 0 aromatic carbocycles. The summed E-state index contributed by atoms with van der Waals surface area (Å²) in [7, 11) is -1.98. The second kappa shape index (κ2) is 8.34. The molecule has 1 fully saturated rings. The molecule has 2 nitrogen and oxygen atoms in total. The second-order valence-electron chi connectivity index (χ2n) is 5.89. The highest BCUT2D eigenvalue weighted by Crippen LogP contribution is 2.36. The van der Waals surface area contributed by atoms with E-state index in [1.807, 2.05) is 0 Å². The fourth-order valence-electron chi connectivity index (χ4n) is 3.19. The predicted molar refractivity (Wildman–Crippen MR) is 80.1 cm³/mol. The highest BCUT2D eigenvalue weighted by Gasteiger charge is 2.42. The van der Waals surface area contributed by atoms with E-state index in [9.17, 15) is 0 Å². The fraction of sp³-hybridized carbons (Fsp3) is 1.00. The van der Waals surface area contributed by atoms with Gasteiger partial charge in [-0.1, -0.05) is 52.4 Å². The van der Waals surface area contributed by atoms with Crippen LogP contribution in [0, 0.1) is 5.92 Å². The Morgan fingerprint density at radius 3 is 1.83 bits per heavy atom. The lowest BCUT2D eigenvalue weighted by atomic mass is 10.0. The molecule has 0 radical (unpaired) electrons. The molecule has 0 aromatic heterocycles. The van der Waals surface area contributed by atoms with Crippen LogP contribution in [0.2, 0.25) is 11.6 Å². The quantitative estimate of drug-likeness (QED) is 0.485. The van der Waals surface area contributed by atoms with Gasteiger partial charge in [-0.25, -0.2) is 0 Å². The first-order valence-electron chi connectivity index (χ1n) is 7.92. The Balaban J connectivity index is 2.67. The van der Waals surface area contributed by atoms with E-state index in [2.05, 4.69) is 27.7 Å². The molecule has 0 bridgehead atoms. The van der Waals surface area contributed by atoms with Gasteiger partial charge in [0.15, 0.2) is 0 Å². The van der Waals surface area contributed by atoms with Gasteiger partial charge in [-0.2, -0.15) is 0 Å². The first-order valence-corrected chi connectivity index (χ1v) is 10.0. The van der Waals surface area contributed by atoms with Crippen LogP contribution in [0.4, 0.5) is 0 Å². The number of hydrogen-bond donors (Lipinski definition) is 0. The molecule has 18 heavy (non-hydrogen) atoms. The number of rotatable bonds is 7. The van der Waals surface area contributed by atoms with Crippen molar-refractivity contribution in [3.63, 3.8) is 0 Å². The SMILES string of the molecule is CCO[Si](CC1CCCCCC1)(OCC)C(C)C. The maximum atomic E-state index is 6.19. The summed E-state index contributed by atoms with van der Waals surface area (Å²) >= 11 is 0. The average molecular weight is 273 g/mol. The highest BCUT2D eigenvalue weighted by molar-refractivity contribution is 6.68. The third-order valence-corrected chi connectivity index (χ3v) is 8.67. The molecule has 0 spiro atoms. The molecule has 3 heteroatoms. The van der Waals surface area contributed by atoms with Gasteiger partial charge < -0.3 is 8.85 Å². The Morgan fingerprint density at radius 1 is 0.944 bits per heavy atom. The van der Waals surface area contributed by atoms with Crippen molar-refractivity contribution in [3.8, 4) is 0 Å². The van der Waals surface area contributed by atoms with Crippen LogP contribution in [0.15, 0.2) is 0 Å². The van der Waals surface area contributed by atoms with Crippen molar-refractivity contribution < 1.29 is 8.85 Å². The topological polar surface area (TPSA) is 18.5 Å². The van der Waals surface area contributed by atoms with Gasteiger partial charge in [0.05, 0.1) is 0 Å². The summed E-state index contributed by atoms with van der Waals surface area (Å²) < 4.78 is 12.4. The predicted octanol–water partition coefficient (Wildman–Crippen LogP) is 4.88. The summed E-state index contributed by atoms with van der Waals surface area (Å²) in [5, 5.41) is 0. The van der Waals surface area contributed by atoms with Gasteiger partial charge in [0, 0.05) is 13.2 Å². The van der Waals surface area contributed by atoms with Gasteiger partial charge >= 0.3 is 8.56 Å². The van der Waals surface area contributed by atoms with Gasteiger partial charge in [0.1, 0.15) is 0 Å². The zero-order chi connectivity index (χ0) is 13.4. The van der Waals surface area contributed by atoms with Crippen LogP contribution >= 0.6 is 0 Å². The largest absolute Gasteiger partial charge is 0.394 e. The van der Waals surface area contributed by atoms with E-state index in [4.69, 9.17) is 8.85 Å². The molecule has 0 atom stereocenters. The first-order chi connectivity index (χ1) is 8.64. The van der Waals surface area contributed by atoms with E-state index in [0.717, 1.165) is 19.1 Å². The van der Waals surface area contributed by atoms with Crippen LogP contribution in [0.1, 0.15) is 66.2 Å². The summed E-state index contributed by atoms with van der Waals surface area (Å²) in [4.78, 5) is 0. The Kier molecular flexibility index (Phi) is 7.50. The van der Waals surface area contributed by atoms with Gasteiger partial charge in [-0.05, 0) is 31.4 Å². The van der Waals surface area contributed by atoms with E-state index in [1.54, 1.807) is 0 Å². The van der Waals surface area contributed by atoms with Gasteiger partial charge in [-0.3, -0.25) is 0 Å². The normalized spacial score (nSPS) is 19.2. The third kappa shape index (κ3) is 4.67. The molecule has 1 aliphatic carbocycles. The molecule has 108 valence electrons. The molecular formula is C15H32O2Si. The smallest absolute Gasteiger partial charge is 0.341 e. The summed E-state index contributed by atoms with van der Waals surface area (Å²) in [6.45, 7) is 10.4. The van der Waals surface area contributed by atoms with Crippen molar-refractivity contribution in [1.29, 1.82) is 0 Å². The van der Waals surface area contributed by atoms with Crippen LogP contribution < -0.4 is 0 Å². The van der Waals surface area contributed by atoms with Gasteiger partial charge in [0.25, 0.3) is 0 Å². The minimum atomic E-state index is -1.98. The monoisotopic (exact) mass is 272 g/mol. The Morgan fingerprint density at radius 2 is 1.44 bits per heavy atom. The molecule has 0 N–H and O–H groups in total. The Hall–Kier alpha value is 0.137. The van der Waals surface area contributed by atoms with E-state index >= 15 is 0 Å². The Bertz CT molecular complexity index is 205. The molecule has 0 aliphatic heterocycles. The fourth-order valence-corrected chi connectivity index (χ4v) is 6.83. The van der Waals surface area contributed by atoms with E-state index in [1.165, 1.54) is 44.6 Å². The molecule has 1 rings (SSSR count). The van der Waals surface area contributed by atoms with Crippen LogP contribution in [-0.4, -0.2) is 21.8 Å². The van der Waals surface area contributed by atoms with Crippen molar-refractivity contribution in [2.45, 2.75) is 77.8 Å². The second-order valence-corrected chi connectivity index (χ2v) is 9.66. The van der Waals surface area contributed by atoms with Crippen LogP contribution in [0.3, 0.4) is 0 Å². The van der Waals surface area contributed by atoms with Crippen LogP contribution in [-0.2, 0) is 8.85 Å². The first kappa shape index (κ1) is 16.2. The lowest BCUT2D eigenvalue weighted by Gasteiger charge is -2.36. The zero-order valence-electron chi connectivity index (χ0n) is 12.8. The van der Waals surface area contributed by atoms with Crippen LogP contribution in [0.25, 0.3) is 0 Å². The molecule has 1 aliphatic rings. The summed E-state index contributed by atoms with van der Waals surface area (Å²) in [5.74, 6) is 0.847. The molecule has 0 saturated heterocycles. The molecular weight excluding hydrogens is 240 g/mol. The van der Waals surface area contributed by atoms with Gasteiger partial charge in [-0.15, -0.1) is 0 Å². The number of hydrogen-bond acceptors (Lipinski definition) is 2. The molecule has 0 unspecified atom stereocenters. The van der Waals surface area contributed by atoms with E-state index in [0.29, 0.717) is 5.54 Å². The lowest BCUT2D eigenvalue weighted by molar-refractivity contribution is 0.168. The molecule has 0 heterocycles. The lowest BCUT2D eigenvalue weighted by Crippen LogP contribution is -2.46. The molecule has 0 aromatic rings. The van der Waals surface area contributed by atoms with Crippen molar-refractivity contribution in [1.82, 2.24) is 0 Å². The standard InChI is InChI=1S/C15H32O2Si/c1-5-16-18(14(3)4,17-6-2)13-15-11-9-7-8-10-12-15/h14-15H,5-13H2,1-4H3. The summed E-state index contributed by atoms with van der Waals surface area (Å²) in [6.07, 6.45) is 8.45.